The number of anilines is 2. The van der Waals surface area contributed by atoms with E-state index >= 15 is 0 Å². The van der Waals surface area contributed by atoms with E-state index in [4.69, 9.17) is 10.5 Å². The summed E-state index contributed by atoms with van der Waals surface area (Å²) in [4.78, 5) is 34.0. The summed E-state index contributed by atoms with van der Waals surface area (Å²) >= 11 is 0. The molecule has 0 saturated heterocycles. The summed E-state index contributed by atoms with van der Waals surface area (Å²) in [6.45, 7) is -0.683. The maximum absolute atomic E-state index is 12.4. The van der Waals surface area contributed by atoms with E-state index < -0.39 is 33.3 Å². The molecule has 0 spiro atoms. The number of amides is 2. The van der Waals surface area contributed by atoms with Crippen LogP contribution in [0.2, 0.25) is 0 Å². The van der Waals surface area contributed by atoms with Gasteiger partial charge in [0.2, 0.25) is 21.8 Å². The van der Waals surface area contributed by atoms with Gasteiger partial charge in [-0.05, 0) is 24.3 Å². The van der Waals surface area contributed by atoms with Crippen LogP contribution < -0.4 is 20.1 Å². The second-order valence-corrected chi connectivity index (χ2v) is 7.78. The highest BCUT2D eigenvalue weighted by Gasteiger charge is 2.26. The molecule has 0 saturated carbocycles. The first-order chi connectivity index (χ1) is 13.5. The molecule has 2 aromatic rings. The van der Waals surface area contributed by atoms with Crippen LogP contribution in [0.25, 0.3) is 0 Å². The molecule has 3 N–H and O–H groups in total. The third-order valence-corrected chi connectivity index (χ3v) is 4.89. The summed E-state index contributed by atoms with van der Waals surface area (Å²) in [5, 5.41) is 13.5. The van der Waals surface area contributed by atoms with Crippen molar-refractivity contribution in [2.75, 3.05) is 29.5 Å². The smallest absolute Gasteiger partial charge is 0.271 e. The second kappa shape index (κ2) is 8.56. The third kappa shape index (κ3) is 5.42. The molecule has 0 aliphatic rings. The zero-order valence-corrected chi connectivity index (χ0v) is 16.3. The molecule has 0 aromatic heterocycles. The number of hydrogen-bond acceptors (Lipinski definition) is 7. The topological polar surface area (TPSA) is 162 Å². The fourth-order valence-corrected chi connectivity index (χ4v) is 3.30. The normalized spacial score (nSPS) is 10.8. The Kier molecular flexibility index (Phi) is 6.38. The Morgan fingerprint density at radius 2 is 1.93 bits per heavy atom. The van der Waals surface area contributed by atoms with Gasteiger partial charge in [0.15, 0.2) is 0 Å². The summed E-state index contributed by atoms with van der Waals surface area (Å²) in [5.41, 5.74) is 5.04. The Labute approximate surface area is 166 Å². The van der Waals surface area contributed by atoms with Crippen LogP contribution in [0, 0.1) is 10.1 Å². The van der Waals surface area contributed by atoms with Crippen LogP contribution in [-0.4, -0.2) is 45.1 Å². The Morgan fingerprint density at radius 1 is 1.24 bits per heavy atom. The molecule has 12 heteroatoms. The van der Waals surface area contributed by atoms with Gasteiger partial charge in [0.1, 0.15) is 18.0 Å². The van der Waals surface area contributed by atoms with Gasteiger partial charge in [-0.25, -0.2) is 8.42 Å². The van der Waals surface area contributed by atoms with Crippen LogP contribution >= 0.6 is 0 Å². The van der Waals surface area contributed by atoms with Gasteiger partial charge in [0.25, 0.3) is 5.69 Å². The van der Waals surface area contributed by atoms with E-state index in [1.54, 1.807) is 0 Å². The number of primary amides is 1. The quantitative estimate of drug-likeness (QED) is 0.475. The van der Waals surface area contributed by atoms with Crippen molar-refractivity contribution in [3.63, 3.8) is 0 Å². The number of benzene rings is 2. The number of nitro groups is 1. The van der Waals surface area contributed by atoms with Crippen molar-refractivity contribution in [3.05, 3.63) is 58.1 Å². The number of nitrogens with two attached hydrogens (primary N) is 1. The molecule has 0 aliphatic carbocycles. The Hall–Kier alpha value is -3.67. The fourth-order valence-electron chi connectivity index (χ4n) is 2.45. The zero-order chi connectivity index (χ0) is 21.8. The number of rotatable bonds is 8. The average Bonchev–Trinajstić information content (AvgIpc) is 2.64. The lowest BCUT2D eigenvalue weighted by Crippen LogP contribution is -2.37. The number of hydrogen-bond donors (Lipinski definition) is 2. The van der Waals surface area contributed by atoms with Gasteiger partial charge < -0.3 is 15.8 Å². The van der Waals surface area contributed by atoms with Gasteiger partial charge in [0, 0.05) is 23.4 Å². The van der Waals surface area contributed by atoms with Gasteiger partial charge in [-0.1, -0.05) is 6.07 Å². The van der Waals surface area contributed by atoms with E-state index in [-0.39, 0.29) is 28.4 Å². The molecule has 11 nitrogen and oxygen atoms in total. The highest BCUT2D eigenvalue weighted by molar-refractivity contribution is 7.92. The number of nitrogens with one attached hydrogen (secondary N) is 1. The number of carbonyl (C=O) groups excluding carboxylic acids is 2. The molecular weight excluding hydrogens is 404 g/mol. The minimum Gasteiger partial charge on any atom is -0.495 e. The monoisotopic (exact) mass is 422 g/mol. The molecule has 0 heterocycles. The van der Waals surface area contributed by atoms with Crippen molar-refractivity contribution in [2.24, 2.45) is 5.73 Å². The van der Waals surface area contributed by atoms with Gasteiger partial charge >= 0.3 is 0 Å². The lowest BCUT2D eigenvalue weighted by molar-refractivity contribution is -0.384. The van der Waals surface area contributed by atoms with Crippen LogP contribution in [0.5, 0.6) is 5.75 Å². The highest BCUT2D eigenvalue weighted by Crippen LogP contribution is 2.33. The predicted octanol–water partition coefficient (Wildman–Crippen LogP) is 1.11. The van der Waals surface area contributed by atoms with E-state index in [9.17, 15) is 28.1 Å². The van der Waals surface area contributed by atoms with Crippen molar-refractivity contribution in [1.82, 2.24) is 0 Å². The van der Waals surface area contributed by atoms with Crippen LogP contribution in [-0.2, 0) is 14.8 Å². The van der Waals surface area contributed by atoms with E-state index in [1.807, 2.05) is 0 Å². The number of nitrogens with zero attached hydrogens (tertiary/aromatic N) is 2. The predicted molar refractivity (Wildman–Crippen MR) is 105 cm³/mol. The molecule has 0 atom stereocenters. The van der Waals surface area contributed by atoms with Crippen LogP contribution in [0.4, 0.5) is 17.1 Å². The summed E-state index contributed by atoms with van der Waals surface area (Å²) in [5.74, 6) is -1.41. The van der Waals surface area contributed by atoms with Crippen molar-refractivity contribution in [3.8, 4) is 5.75 Å². The Bertz CT molecular complexity index is 1070. The molecule has 0 fully saturated rings. The lowest BCUT2D eigenvalue weighted by atomic mass is 10.2. The summed E-state index contributed by atoms with van der Waals surface area (Å²) in [6, 6.07) is 9.16. The van der Waals surface area contributed by atoms with Crippen molar-refractivity contribution in [1.29, 1.82) is 0 Å². The van der Waals surface area contributed by atoms with Crippen molar-refractivity contribution >= 4 is 38.9 Å². The van der Waals surface area contributed by atoms with Crippen LogP contribution in [0.3, 0.4) is 0 Å². The number of ether oxygens (including phenoxy) is 1. The molecule has 0 aliphatic heterocycles. The first kappa shape index (κ1) is 21.6. The van der Waals surface area contributed by atoms with Gasteiger partial charge in [-0.3, -0.25) is 24.0 Å². The third-order valence-electron chi connectivity index (χ3n) is 3.76. The standard InChI is InChI=1S/C17H18N4O7S/c1-28-15-7-6-13(21(24)25)9-14(15)20(29(2,26)27)10-16(22)19-12-5-3-4-11(8-12)17(18)23/h3-9H,10H2,1-2H3,(H2,18,23)(H,19,22). The van der Waals surface area contributed by atoms with Gasteiger partial charge in [-0.15, -0.1) is 0 Å². The molecular formula is C17H18N4O7S. The van der Waals surface area contributed by atoms with E-state index in [1.165, 1.54) is 37.4 Å². The molecule has 2 rings (SSSR count). The molecule has 154 valence electrons. The van der Waals surface area contributed by atoms with E-state index in [0.29, 0.717) is 4.31 Å². The highest BCUT2D eigenvalue weighted by atomic mass is 32.2. The van der Waals surface area contributed by atoms with Crippen molar-refractivity contribution in [2.45, 2.75) is 0 Å². The van der Waals surface area contributed by atoms with Gasteiger partial charge in [0.05, 0.1) is 18.3 Å². The van der Waals surface area contributed by atoms with Gasteiger partial charge in [-0.2, -0.15) is 0 Å². The number of non-ortho nitro benzene ring substituents is 1. The zero-order valence-electron chi connectivity index (χ0n) is 15.5. The number of sulfonamides is 1. The maximum Gasteiger partial charge on any atom is 0.271 e. The number of nitro benzene ring substituents is 1. The van der Waals surface area contributed by atoms with Crippen molar-refractivity contribution < 1.29 is 27.7 Å². The molecule has 0 bridgehead atoms. The summed E-state index contributed by atoms with van der Waals surface area (Å²) < 4.78 is 30.3. The van der Waals surface area contributed by atoms with E-state index in [2.05, 4.69) is 5.32 Å². The van der Waals surface area contributed by atoms with Crippen LogP contribution in [0.15, 0.2) is 42.5 Å². The van der Waals surface area contributed by atoms with Crippen LogP contribution in [0.1, 0.15) is 10.4 Å². The maximum atomic E-state index is 12.4. The first-order valence-corrected chi connectivity index (χ1v) is 9.87. The lowest BCUT2D eigenvalue weighted by Gasteiger charge is -2.23. The number of methoxy groups -OCH3 is 1. The minimum absolute atomic E-state index is 0.0320. The number of carbonyl (C=O) groups is 2. The van der Waals surface area contributed by atoms with E-state index in [0.717, 1.165) is 18.4 Å². The summed E-state index contributed by atoms with van der Waals surface area (Å²) in [7, 11) is -2.74. The summed E-state index contributed by atoms with van der Waals surface area (Å²) in [6.07, 6.45) is 0.853. The molecule has 2 aromatic carbocycles. The molecule has 0 radical (unpaired) electrons. The Morgan fingerprint density at radius 3 is 2.48 bits per heavy atom. The minimum atomic E-state index is -4.01. The molecule has 29 heavy (non-hydrogen) atoms. The molecule has 2 amide bonds. The Balaban J connectivity index is 2.37. The average molecular weight is 422 g/mol. The fraction of sp³-hybridized carbons (Fsp3) is 0.176. The SMILES string of the molecule is COc1ccc([N+](=O)[O-])cc1N(CC(=O)Nc1cccc(C(N)=O)c1)S(C)(=O)=O. The second-order valence-electron chi connectivity index (χ2n) is 5.88. The molecule has 0 unspecified atom stereocenters. The largest absolute Gasteiger partial charge is 0.495 e. The first-order valence-electron chi connectivity index (χ1n) is 8.02.